The second kappa shape index (κ2) is 8.78. The molecule has 0 unspecified atom stereocenters. The van der Waals surface area contributed by atoms with Crippen molar-refractivity contribution in [3.05, 3.63) is 60.2 Å². The normalized spacial score (nSPS) is 19.2. The molecule has 2 aromatic carbocycles. The number of hydrogen-bond donors (Lipinski definition) is 1. The molecule has 2 fully saturated rings. The Morgan fingerprint density at radius 1 is 1.00 bits per heavy atom. The van der Waals surface area contributed by atoms with Gasteiger partial charge in [-0.05, 0) is 61.4 Å². The molecule has 1 saturated carbocycles. The Morgan fingerprint density at radius 3 is 2.20 bits per heavy atom. The highest BCUT2D eigenvalue weighted by molar-refractivity contribution is 7.89. The van der Waals surface area contributed by atoms with Gasteiger partial charge in [0.05, 0.1) is 18.0 Å². The van der Waals surface area contributed by atoms with E-state index in [4.69, 9.17) is 4.74 Å². The van der Waals surface area contributed by atoms with Crippen LogP contribution in [0.15, 0.2) is 59.5 Å². The van der Waals surface area contributed by atoms with Crippen LogP contribution in [-0.2, 0) is 14.8 Å². The van der Waals surface area contributed by atoms with Crippen molar-refractivity contribution in [2.45, 2.75) is 36.6 Å². The van der Waals surface area contributed by atoms with Crippen molar-refractivity contribution in [3.63, 3.8) is 0 Å². The molecule has 30 heavy (non-hydrogen) atoms. The van der Waals surface area contributed by atoms with Gasteiger partial charge < -0.3 is 10.1 Å². The average Bonchev–Trinajstić information content (AvgIpc) is 3.63. The van der Waals surface area contributed by atoms with E-state index in [0.29, 0.717) is 37.6 Å². The first-order chi connectivity index (χ1) is 14.5. The number of carbonyl (C=O) groups is 1. The molecule has 6 nitrogen and oxygen atoms in total. The number of amides is 1. The Kier molecular flexibility index (Phi) is 6.11. The van der Waals surface area contributed by atoms with Crippen molar-refractivity contribution < 1.29 is 17.9 Å². The maximum absolute atomic E-state index is 12.9. The number of hydrogen-bond acceptors (Lipinski definition) is 4. The molecule has 1 amide bonds. The Bertz CT molecular complexity index is 964. The maximum atomic E-state index is 12.9. The summed E-state index contributed by atoms with van der Waals surface area (Å²) >= 11 is 0. The fraction of sp³-hybridized carbons (Fsp3) is 0.435. The molecule has 0 aromatic heterocycles. The molecule has 2 aliphatic rings. The van der Waals surface area contributed by atoms with Gasteiger partial charge in [-0.1, -0.05) is 30.3 Å². The van der Waals surface area contributed by atoms with Gasteiger partial charge in [0.25, 0.3) is 0 Å². The summed E-state index contributed by atoms with van der Waals surface area (Å²) in [6.45, 7) is 0.706. The SMILES string of the molecule is COc1ccc(S(=O)(=O)N2CCC(C(=O)N[C@H](c3ccccc3)C3CC3)CC2)cc1. The summed E-state index contributed by atoms with van der Waals surface area (Å²) in [5.74, 6) is 1.01. The van der Waals surface area contributed by atoms with Gasteiger partial charge in [0, 0.05) is 19.0 Å². The molecule has 1 N–H and O–H groups in total. The predicted octanol–water partition coefficient (Wildman–Crippen LogP) is 3.36. The third-order valence-corrected chi connectivity index (χ3v) is 7.98. The number of ether oxygens (including phenoxy) is 1. The van der Waals surface area contributed by atoms with Crippen molar-refractivity contribution >= 4 is 15.9 Å². The molecule has 4 rings (SSSR count). The molecular formula is C23H28N2O4S. The van der Waals surface area contributed by atoms with Crippen LogP contribution in [0.25, 0.3) is 0 Å². The van der Waals surface area contributed by atoms with E-state index in [0.717, 1.165) is 18.4 Å². The van der Waals surface area contributed by atoms with Crippen molar-refractivity contribution in [2.24, 2.45) is 11.8 Å². The summed E-state index contributed by atoms with van der Waals surface area (Å²) in [4.78, 5) is 13.2. The van der Waals surface area contributed by atoms with Gasteiger partial charge in [0.2, 0.25) is 15.9 Å². The van der Waals surface area contributed by atoms with Crippen LogP contribution in [0.2, 0.25) is 0 Å². The second-order valence-electron chi connectivity index (χ2n) is 8.09. The summed E-state index contributed by atoms with van der Waals surface area (Å²) in [7, 11) is -2.01. The highest BCUT2D eigenvalue weighted by atomic mass is 32.2. The topological polar surface area (TPSA) is 75.7 Å². The van der Waals surface area contributed by atoms with Gasteiger partial charge in [-0.2, -0.15) is 4.31 Å². The van der Waals surface area contributed by atoms with Crippen LogP contribution >= 0.6 is 0 Å². The number of nitrogens with zero attached hydrogens (tertiary/aromatic N) is 1. The molecule has 1 heterocycles. The van der Waals surface area contributed by atoms with Crippen molar-refractivity contribution in [1.82, 2.24) is 9.62 Å². The average molecular weight is 429 g/mol. The zero-order valence-corrected chi connectivity index (χ0v) is 18.0. The van der Waals surface area contributed by atoms with E-state index in [1.165, 1.54) is 4.31 Å². The van der Waals surface area contributed by atoms with Gasteiger partial charge >= 0.3 is 0 Å². The second-order valence-corrected chi connectivity index (χ2v) is 10.0. The van der Waals surface area contributed by atoms with Crippen LogP contribution in [0.3, 0.4) is 0 Å². The highest BCUT2D eigenvalue weighted by Crippen LogP contribution is 2.41. The highest BCUT2D eigenvalue weighted by Gasteiger charge is 2.36. The van der Waals surface area contributed by atoms with Gasteiger partial charge in [0.15, 0.2) is 0 Å². The first-order valence-electron chi connectivity index (χ1n) is 10.5. The minimum absolute atomic E-state index is 0.0391. The Balaban J connectivity index is 1.37. The van der Waals surface area contributed by atoms with Crippen LogP contribution in [0.1, 0.15) is 37.3 Å². The van der Waals surface area contributed by atoms with E-state index < -0.39 is 10.0 Å². The third kappa shape index (κ3) is 4.52. The minimum atomic E-state index is -3.56. The van der Waals surface area contributed by atoms with Crippen LogP contribution < -0.4 is 10.1 Å². The molecule has 7 heteroatoms. The van der Waals surface area contributed by atoms with E-state index in [9.17, 15) is 13.2 Å². The maximum Gasteiger partial charge on any atom is 0.243 e. The van der Waals surface area contributed by atoms with Crippen LogP contribution in [-0.4, -0.2) is 38.8 Å². The Morgan fingerprint density at radius 2 is 1.63 bits per heavy atom. The zero-order valence-electron chi connectivity index (χ0n) is 17.2. The fourth-order valence-electron chi connectivity index (χ4n) is 4.09. The lowest BCUT2D eigenvalue weighted by atomic mass is 9.95. The van der Waals surface area contributed by atoms with Crippen molar-refractivity contribution in [1.29, 1.82) is 0 Å². The molecule has 1 atom stereocenters. The molecule has 0 bridgehead atoms. The van der Waals surface area contributed by atoms with Crippen molar-refractivity contribution in [2.75, 3.05) is 20.2 Å². The first-order valence-corrected chi connectivity index (χ1v) is 11.9. The van der Waals surface area contributed by atoms with Gasteiger partial charge in [-0.3, -0.25) is 4.79 Å². The van der Waals surface area contributed by atoms with E-state index >= 15 is 0 Å². The number of rotatable bonds is 7. The number of carbonyl (C=O) groups excluding carboxylic acids is 1. The van der Waals surface area contributed by atoms with E-state index in [1.54, 1.807) is 31.4 Å². The van der Waals surface area contributed by atoms with Gasteiger partial charge in [-0.15, -0.1) is 0 Å². The standard InChI is InChI=1S/C23H28N2O4S/c1-29-20-9-11-21(12-10-20)30(27,28)25-15-13-19(14-16-25)23(26)24-22(18-7-8-18)17-5-3-2-4-6-17/h2-6,9-12,18-19,22H,7-8,13-16H2,1H3,(H,24,26)/t22-/m1/s1. The summed E-state index contributed by atoms with van der Waals surface area (Å²) in [6.07, 6.45) is 3.34. The number of nitrogens with one attached hydrogen (secondary N) is 1. The summed E-state index contributed by atoms with van der Waals surface area (Å²) in [5, 5.41) is 3.24. The largest absolute Gasteiger partial charge is 0.497 e. The summed E-state index contributed by atoms with van der Waals surface area (Å²) < 4.78 is 32.4. The first kappa shape index (κ1) is 20.9. The lowest BCUT2D eigenvalue weighted by molar-refractivity contribution is -0.127. The fourth-order valence-corrected chi connectivity index (χ4v) is 5.56. The molecular weight excluding hydrogens is 400 g/mol. The Labute approximate surface area is 178 Å². The Hall–Kier alpha value is -2.38. The zero-order chi connectivity index (χ0) is 21.1. The molecule has 160 valence electrons. The smallest absolute Gasteiger partial charge is 0.243 e. The van der Waals surface area contributed by atoms with Crippen LogP contribution in [0.5, 0.6) is 5.75 Å². The predicted molar refractivity (Wildman–Crippen MR) is 115 cm³/mol. The molecule has 0 spiro atoms. The van der Waals surface area contributed by atoms with Gasteiger partial charge in [-0.25, -0.2) is 8.42 Å². The molecule has 1 saturated heterocycles. The quantitative estimate of drug-likeness (QED) is 0.734. The summed E-state index contributed by atoms with van der Waals surface area (Å²) in [5.41, 5.74) is 1.15. The molecule has 0 radical (unpaired) electrons. The number of piperidine rings is 1. The number of methoxy groups -OCH3 is 1. The number of benzene rings is 2. The monoisotopic (exact) mass is 428 g/mol. The summed E-state index contributed by atoms with van der Waals surface area (Å²) in [6, 6.07) is 16.6. The van der Waals surface area contributed by atoms with Gasteiger partial charge in [0.1, 0.15) is 5.75 Å². The van der Waals surface area contributed by atoms with Crippen LogP contribution in [0, 0.1) is 11.8 Å². The third-order valence-electron chi connectivity index (χ3n) is 6.07. The minimum Gasteiger partial charge on any atom is -0.497 e. The lowest BCUT2D eigenvalue weighted by Crippen LogP contribution is -2.43. The van der Waals surface area contributed by atoms with Crippen molar-refractivity contribution in [3.8, 4) is 5.75 Å². The molecule has 2 aromatic rings. The van der Waals surface area contributed by atoms with Crippen LogP contribution in [0.4, 0.5) is 0 Å². The molecule has 1 aliphatic carbocycles. The number of sulfonamides is 1. The van der Waals surface area contributed by atoms with E-state index in [-0.39, 0.29) is 22.8 Å². The lowest BCUT2D eigenvalue weighted by Gasteiger charge is -2.31. The van der Waals surface area contributed by atoms with E-state index in [2.05, 4.69) is 17.4 Å². The van der Waals surface area contributed by atoms with E-state index in [1.807, 2.05) is 18.2 Å². The molecule has 1 aliphatic heterocycles.